The number of nitrogens with two attached hydrogens (primary N) is 2. The van der Waals surface area contributed by atoms with Gasteiger partial charge < -0.3 is 26.8 Å². The summed E-state index contributed by atoms with van der Waals surface area (Å²) in [5.74, 6) is 0. The van der Waals surface area contributed by atoms with Crippen LogP contribution in [0.25, 0.3) is 0 Å². The molecular weight excluding hydrogens is 236 g/mol. The van der Waals surface area contributed by atoms with E-state index in [1.54, 1.807) is 12.1 Å². The quantitative estimate of drug-likeness (QED) is 0.565. The largest absolute Gasteiger partial charge is 0.448 e. The van der Waals surface area contributed by atoms with E-state index in [0.29, 0.717) is 12.2 Å². The maximum absolute atomic E-state index is 11.4. The van der Waals surface area contributed by atoms with Gasteiger partial charge in [0.2, 0.25) is 0 Å². The zero-order valence-corrected chi connectivity index (χ0v) is 9.81. The van der Waals surface area contributed by atoms with Gasteiger partial charge in [-0.2, -0.15) is 0 Å². The maximum atomic E-state index is 11.4. The molecule has 1 aromatic rings. The fraction of sp³-hybridized carbons (Fsp3) is 0.273. The predicted octanol–water partition coefficient (Wildman–Crippen LogP) is 0.362. The number of rotatable bonds is 5. The number of primary amides is 1. The molecule has 6 N–H and O–H groups in total. The molecule has 98 valence electrons. The van der Waals surface area contributed by atoms with Gasteiger partial charge in [0.25, 0.3) is 0 Å². The summed E-state index contributed by atoms with van der Waals surface area (Å²) < 4.78 is 4.46. The number of carbonyl (C=O) groups is 2. The molecule has 0 atom stereocenters. The second-order valence-corrected chi connectivity index (χ2v) is 3.45. The van der Waals surface area contributed by atoms with Crippen LogP contribution in [0, 0.1) is 0 Å². The van der Waals surface area contributed by atoms with E-state index in [1.807, 2.05) is 12.1 Å². The summed E-state index contributed by atoms with van der Waals surface area (Å²) in [5, 5.41) is 5.13. The first-order valence-electron chi connectivity index (χ1n) is 5.38. The molecule has 18 heavy (non-hydrogen) atoms. The van der Waals surface area contributed by atoms with Gasteiger partial charge in [0.05, 0.1) is 6.54 Å². The smallest absolute Gasteiger partial charge is 0.404 e. The van der Waals surface area contributed by atoms with Crippen LogP contribution >= 0.6 is 0 Å². The molecule has 7 nitrogen and oxygen atoms in total. The molecule has 3 amide bonds. The third-order valence-corrected chi connectivity index (χ3v) is 2.08. The Morgan fingerprint density at radius 1 is 1.22 bits per heavy atom. The number of ether oxygens (including phenoxy) is 1. The lowest BCUT2D eigenvalue weighted by molar-refractivity contribution is 0.157. The minimum atomic E-state index is -0.866. The molecule has 7 heteroatoms. The Hall–Kier alpha value is -2.28. The van der Waals surface area contributed by atoms with Gasteiger partial charge in [-0.3, -0.25) is 0 Å². The van der Waals surface area contributed by atoms with E-state index in [0.717, 1.165) is 5.56 Å². The Kier molecular flexibility index (Phi) is 5.46. The van der Waals surface area contributed by atoms with Gasteiger partial charge in [-0.1, -0.05) is 12.1 Å². The minimum Gasteiger partial charge on any atom is -0.448 e. The van der Waals surface area contributed by atoms with Crippen molar-refractivity contribution in [2.75, 3.05) is 18.5 Å². The van der Waals surface area contributed by atoms with Crippen LogP contribution in [-0.2, 0) is 11.3 Å². The van der Waals surface area contributed by atoms with Crippen LogP contribution in [0.2, 0.25) is 0 Å². The molecule has 0 aliphatic heterocycles. The summed E-state index contributed by atoms with van der Waals surface area (Å²) in [7, 11) is 0. The molecule has 1 aromatic carbocycles. The SMILES string of the molecule is NCc1ccc(NC(=O)NCCOC(N)=O)cc1. The number of anilines is 1. The van der Waals surface area contributed by atoms with E-state index >= 15 is 0 Å². The Morgan fingerprint density at radius 2 is 1.89 bits per heavy atom. The molecule has 0 spiro atoms. The summed E-state index contributed by atoms with van der Waals surface area (Å²) in [5.41, 5.74) is 11.9. The summed E-state index contributed by atoms with van der Waals surface area (Å²) in [6.45, 7) is 0.682. The first kappa shape index (κ1) is 13.8. The van der Waals surface area contributed by atoms with Crippen LogP contribution in [0.4, 0.5) is 15.3 Å². The predicted molar refractivity (Wildman–Crippen MR) is 66.9 cm³/mol. The van der Waals surface area contributed by atoms with E-state index in [-0.39, 0.29) is 19.2 Å². The molecule has 0 unspecified atom stereocenters. The number of urea groups is 1. The second kappa shape index (κ2) is 7.13. The number of hydrogen-bond donors (Lipinski definition) is 4. The molecule has 0 bridgehead atoms. The highest BCUT2D eigenvalue weighted by atomic mass is 16.5. The van der Waals surface area contributed by atoms with Gasteiger partial charge in [0.15, 0.2) is 0 Å². The van der Waals surface area contributed by atoms with Gasteiger partial charge in [0, 0.05) is 12.2 Å². The molecule has 0 radical (unpaired) electrons. The standard InChI is InChI=1S/C11H16N4O3/c12-7-8-1-3-9(4-2-8)15-11(17)14-5-6-18-10(13)16/h1-4H,5-7,12H2,(H2,13,16)(H2,14,15,17). The summed E-state index contributed by atoms with van der Waals surface area (Å²) >= 11 is 0. The van der Waals surface area contributed by atoms with E-state index in [9.17, 15) is 9.59 Å². The van der Waals surface area contributed by atoms with Gasteiger partial charge in [-0.25, -0.2) is 9.59 Å². The highest BCUT2D eigenvalue weighted by Gasteiger charge is 2.01. The van der Waals surface area contributed by atoms with E-state index in [2.05, 4.69) is 15.4 Å². The first-order valence-corrected chi connectivity index (χ1v) is 5.38. The van der Waals surface area contributed by atoms with Crippen molar-refractivity contribution in [2.45, 2.75) is 6.54 Å². The van der Waals surface area contributed by atoms with Gasteiger partial charge >= 0.3 is 12.1 Å². The Morgan fingerprint density at radius 3 is 2.44 bits per heavy atom. The lowest BCUT2D eigenvalue weighted by atomic mass is 10.2. The number of amides is 3. The summed E-state index contributed by atoms with van der Waals surface area (Å²) in [4.78, 5) is 21.6. The maximum Gasteiger partial charge on any atom is 0.404 e. The van der Waals surface area contributed by atoms with Crippen LogP contribution in [-0.4, -0.2) is 25.3 Å². The highest BCUT2D eigenvalue weighted by Crippen LogP contribution is 2.08. The van der Waals surface area contributed by atoms with Crippen LogP contribution in [0.1, 0.15) is 5.56 Å². The molecule has 0 aromatic heterocycles. The number of carbonyl (C=O) groups excluding carboxylic acids is 2. The third-order valence-electron chi connectivity index (χ3n) is 2.08. The topological polar surface area (TPSA) is 119 Å². The van der Waals surface area contributed by atoms with Crippen LogP contribution in [0.5, 0.6) is 0 Å². The molecule has 0 aliphatic rings. The number of nitrogens with one attached hydrogen (secondary N) is 2. The van der Waals surface area contributed by atoms with Crippen molar-refractivity contribution in [2.24, 2.45) is 11.5 Å². The van der Waals surface area contributed by atoms with Gasteiger partial charge in [-0.15, -0.1) is 0 Å². The van der Waals surface area contributed by atoms with Crippen LogP contribution < -0.4 is 22.1 Å². The van der Waals surface area contributed by atoms with Crippen molar-refractivity contribution >= 4 is 17.8 Å². The normalized spacial score (nSPS) is 9.61. The minimum absolute atomic E-state index is 0.0366. The molecule has 0 aliphatic carbocycles. The highest BCUT2D eigenvalue weighted by molar-refractivity contribution is 5.89. The van der Waals surface area contributed by atoms with Gasteiger partial charge in [0.1, 0.15) is 6.61 Å². The van der Waals surface area contributed by atoms with Gasteiger partial charge in [-0.05, 0) is 17.7 Å². The van der Waals surface area contributed by atoms with Crippen molar-refractivity contribution in [3.8, 4) is 0 Å². The molecule has 1 rings (SSSR count). The van der Waals surface area contributed by atoms with E-state index in [4.69, 9.17) is 11.5 Å². The molecule has 0 fully saturated rings. The fourth-order valence-electron chi connectivity index (χ4n) is 1.22. The van der Waals surface area contributed by atoms with Crippen molar-refractivity contribution < 1.29 is 14.3 Å². The van der Waals surface area contributed by atoms with Crippen LogP contribution in [0.3, 0.4) is 0 Å². The Labute approximate surface area is 104 Å². The molecular formula is C11H16N4O3. The van der Waals surface area contributed by atoms with E-state index in [1.165, 1.54) is 0 Å². The lowest BCUT2D eigenvalue weighted by Crippen LogP contribution is -2.32. The number of hydrogen-bond acceptors (Lipinski definition) is 4. The van der Waals surface area contributed by atoms with Crippen molar-refractivity contribution in [1.29, 1.82) is 0 Å². The van der Waals surface area contributed by atoms with Crippen molar-refractivity contribution in [1.82, 2.24) is 5.32 Å². The molecule has 0 heterocycles. The molecule has 0 saturated carbocycles. The van der Waals surface area contributed by atoms with Crippen molar-refractivity contribution in [3.63, 3.8) is 0 Å². The number of benzene rings is 1. The Balaban J connectivity index is 2.28. The molecule has 0 saturated heterocycles. The zero-order chi connectivity index (χ0) is 13.4. The average Bonchev–Trinajstić information content (AvgIpc) is 2.35. The van der Waals surface area contributed by atoms with Crippen molar-refractivity contribution in [3.05, 3.63) is 29.8 Å². The summed E-state index contributed by atoms with van der Waals surface area (Å²) in [6, 6.07) is 6.77. The monoisotopic (exact) mass is 252 g/mol. The van der Waals surface area contributed by atoms with Crippen LogP contribution in [0.15, 0.2) is 24.3 Å². The lowest BCUT2D eigenvalue weighted by Gasteiger charge is -2.08. The second-order valence-electron chi connectivity index (χ2n) is 3.45. The Bertz CT molecular complexity index is 405. The average molecular weight is 252 g/mol. The summed E-state index contributed by atoms with van der Waals surface area (Å²) in [6.07, 6.45) is -0.866. The first-order chi connectivity index (χ1) is 8.61. The van der Waals surface area contributed by atoms with E-state index < -0.39 is 6.09 Å². The third kappa shape index (κ3) is 5.17. The fourth-order valence-corrected chi connectivity index (χ4v) is 1.22. The zero-order valence-electron chi connectivity index (χ0n) is 9.81.